The summed E-state index contributed by atoms with van der Waals surface area (Å²) in [7, 11) is 10.7. The quantitative estimate of drug-likeness (QED) is 0.498. The Morgan fingerprint density at radius 2 is 1.34 bits per heavy atom. The molecule has 7 nitrogen and oxygen atoms in total. The number of benzene rings is 2. The molecule has 0 unspecified atom stereocenters. The lowest BCUT2D eigenvalue weighted by Crippen LogP contribution is -2.36. The van der Waals surface area contributed by atoms with E-state index in [9.17, 15) is 0 Å². The molecule has 2 aromatic carbocycles. The Bertz CT molecular complexity index is 779. The van der Waals surface area contributed by atoms with Crippen LogP contribution in [0.3, 0.4) is 0 Å². The molecular formula is C22H32N4O3. The van der Waals surface area contributed by atoms with Gasteiger partial charge in [0.15, 0.2) is 17.5 Å². The summed E-state index contributed by atoms with van der Waals surface area (Å²) in [6.45, 7) is 2.20. The summed E-state index contributed by atoms with van der Waals surface area (Å²) < 4.78 is 16.2. The van der Waals surface area contributed by atoms with Crippen LogP contribution < -0.4 is 24.8 Å². The van der Waals surface area contributed by atoms with Crippen molar-refractivity contribution in [3.8, 4) is 17.2 Å². The molecule has 0 saturated heterocycles. The summed E-state index contributed by atoms with van der Waals surface area (Å²) in [5, 5.41) is 6.65. The van der Waals surface area contributed by atoms with Crippen molar-refractivity contribution in [1.29, 1.82) is 0 Å². The van der Waals surface area contributed by atoms with Gasteiger partial charge in [-0.05, 0) is 42.9 Å². The highest BCUT2D eigenvalue weighted by atomic mass is 16.5. The average Bonchev–Trinajstić information content (AvgIpc) is 2.73. The van der Waals surface area contributed by atoms with Gasteiger partial charge in [-0.25, -0.2) is 0 Å². The van der Waals surface area contributed by atoms with Gasteiger partial charge >= 0.3 is 0 Å². The SMILES string of the molecule is CN=C(NCc1ccc(CN(C)C)cc1)NCc1cc(OC)c(OC)c(OC)c1. The van der Waals surface area contributed by atoms with Crippen LogP contribution in [-0.4, -0.2) is 53.3 Å². The number of rotatable bonds is 9. The third kappa shape index (κ3) is 6.57. The van der Waals surface area contributed by atoms with Crippen LogP contribution in [0.5, 0.6) is 17.2 Å². The molecule has 0 amide bonds. The molecule has 2 N–H and O–H groups in total. The molecule has 0 aliphatic heterocycles. The van der Waals surface area contributed by atoms with Crippen LogP contribution in [0, 0.1) is 0 Å². The number of nitrogens with zero attached hydrogens (tertiary/aromatic N) is 2. The second-order valence-electron chi connectivity index (χ2n) is 6.87. The van der Waals surface area contributed by atoms with Gasteiger partial charge in [-0.15, -0.1) is 0 Å². The molecule has 0 atom stereocenters. The first-order chi connectivity index (χ1) is 14.0. The lowest BCUT2D eigenvalue weighted by atomic mass is 10.1. The predicted octanol–water partition coefficient (Wildman–Crippen LogP) is 2.64. The van der Waals surface area contributed by atoms with Gasteiger partial charge in [0.05, 0.1) is 21.3 Å². The van der Waals surface area contributed by atoms with E-state index in [0.717, 1.165) is 18.1 Å². The molecule has 2 rings (SSSR count). The van der Waals surface area contributed by atoms with Gasteiger partial charge in [0.1, 0.15) is 0 Å². The molecule has 158 valence electrons. The van der Waals surface area contributed by atoms with Crippen molar-refractivity contribution < 1.29 is 14.2 Å². The van der Waals surface area contributed by atoms with Crippen molar-refractivity contribution in [2.75, 3.05) is 42.5 Å². The second kappa shape index (κ2) is 11.2. The minimum absolute atomic E-state index is 0.568. The molecule has 2 aromatic rings. The van der Waals surface area contributed by atoms with E-state index in [1.807, 2.05) is 12.1 Å². The molecule has 0 heterocycles. The van der Waals surface area contributed by atoms with Crippen LogP contribution in [0.1, 0.15) is 16.7 Å². The first kappa shape index (κ1) is 22.4. The Balaban J connectivity index is 1.95. The predicted molar refractivity (Wildman–Crippen MR) is 117 cm³/mol. The molecule has 0 saturated carbocycles. The number of hydrogen-bond acceptors (Lipinski definition) is 5. The lowest BCUT2D eigenvalue weighted by Gasteiger charge is -2.16. The molecule has 0 fully saturated rings. The summed E-state index contributed by atoms with van der Waals surface area (Å²) in [5.74, 6) is 2.56. The monoisotopic (exact) mass is 400 g/mol. The van der Waals surface area contributed by atoms with Crippen molar-refractivity contribution in [2.45, 2.75) is 19.6 Å². The van der Waals surface area contributed by atoms with Crippen molar-refractivity contribution in [1.82, 2.24) is 15.5 Å². The number of guanidine groups is 1. The van der Waals surface area contributed by atoms with E-state index in [2.05, 4.69) is 58.9 Å². The summed E-state index contributed by atoms with van der Waals surface area (Å²) in [6.07, 6.45) is 0. The molecule has 0 aromatic heterocycles. The largest absolute Gasteiger partial charge is 0.493 e. The number of ether oxygens (including phenoxy) is 3. The van der Waals surface area contributed by atoms with Gasteiger partial charge in [0.2, 0.25) is 5.75 Å². The van der Waals surface area contributed by atoms with E-state index in [1.54, 1.807) is 28.4 Å². The Kier molecular flexibility index (Phi) is 8.61. The molecule has 0 radical (unpaired) electrons. The molecule has 0 aliphatic carbocycles. The van der Waals surface area contributed by atoms with E-state index in [4.69, 9.17) is 14.2 Å². The van der Waals surface area contributed by atoms with E-state index < -0.39 is 0 Å². The Hall–Kier alpha value is -2.93. The number of methoxy groups -OCH3 is 3. The standard InChI is InChI=1S/C22H32N4O3/c1-23-22(24-13-16-7-9-17(10-8-16)15-26(2)3)25-14-18-11-19(27-4)21(29-6)20(12-18)28-5/h7-12H,13-15H2,1-6H3,(H2,23,24,25). The third-order valence-electron chi connectivity index (χ3n) is 4.39. The zero-order valence-electron chi connectivity index (χ0n) is 18.2. The van der Waals surface area contributed by atoms with Gasteiger partial charge in [-0.1, -0.05) is 24.3 Å². The maximum Gasteiger partial charge on any atom is 0.203 e. The van der Waals surface area contributed by atoms with E-state index in [1.165, 1.54) is 11.1 Å². The zero-order chi connectivity index (χ0) is 21.2. The average molecular weight is 401 g/mol. The van der Waals surface area contributed by atoms with Gasteiger partial charge in [0, 0.05) is 26.7 Å². The van der Waals surface area contributed by atoms with Crippen molar-refractivity contribution in [3.05, 3.63) is 53.1 Å². The minimum Gasteiger partial charge on any atom is -0.493 e. The second-order valence-corrected chi connectivity index (χ2v) is 6.87. The molecule has 0 aliphatic rings. The van der Waals surface area contributed by atoms with Gasteiger partial charge < -0.3 is 29.7 Å². The van der Waals surface area contributed by atoms with Crippen LogP contribution in [0.4, 0.5) is 0 Å². The van der Waals surface area contributed by atoms with Crippen LogP contribution >= 0.6 is 0 Å². The number of nitrogens with one attached hydrogen (secondary N) is 2. The van der Waals surface area contributed by atoms with Crippen LogP contribution in [0.25, 0.3) is 0 Å². The fourth-order valence-electron chi connectivity index (χ4n) is 2.96. The zero-order valence-corrected chi connectivity index (χ0v) is 18.2. The Morgan fingerprint density at radius 3 is 1.79 bits per heavy atom. The third-order valence-corrected chi connectivity index (χ3v) is 4.39. The maximum atomic E-state index is 5.41. The smallest absolute Gasteiger partial charge is 0.203 e. The molecule has 0 spiro atoms. The molecule has 7 heteroatoms. The lowest BCUT2D eigenvalue weighted by molar-refractivity contribution is 0.323. The summed E-state index contributed by atoms with van der Waals surface area (Å²) in [6, 6.07) is 12.4. The fraction of sp³-hybridized carbons (Fsp3) is 0.409. The summed E-state index contributed by atoms with van der Waals surface area (Å²) in [5.41, 5.74) is 3.49. The van der Waals surface area contributed by atoms with E-state index in [-0.39, 0.29) is 0 Å². The summed E-state index contributed by atoms with van der Waals surface area (Å²) in [4.78, 5) is 6.45. The van der Waals surface area contributed by atoms with Crippen molar-refractivity contribution in [2.24, 2.45) is 4.99 Å². The molecule has 29 heavy (non-hydrogen) atoms. The highest BCUT2D eigenvalue weighted by Crippen LogP contribution is 2.38. The topological polar surface area (TPSA) is 67.4 Å². The maximum absolute atomic E-state index is 5.41. The van der Waals surface area contributed by atoms with Crippen molar-refractivity contribution >= 4 is 5.96 Å². The number of hydrogen-bond donors (Lipinski definition) is 2. The first-order valence-corrected chi connectivity index (χ1v) is 9.46. The number of aliphatic imine (C=N–C) groups is 1. The normalized spacial score (nSPS) is 11.3. The van der Waals surface area contributed by atoms with Gasteiger partial charge in [-0.2, -0.15) is 0 Å². The Morgan fingerprint density at radius 1 is 0.828 bits per heavy atom. The van der Waals surface area contributed by atoms with Gasteiger partial charge in [-0.3, -0.25) is 4.99 Å². The minimum atomic E-state index is 0.568. The van der Waals surface area contributed by atoms with Crippen molar-refractivity contribution in [3.63, 3.8) is 0 Å². The van der Waals surface area contributed by atoms with E-state index in [0.29, 0.717) is 30.3 Å². The summed E-state index contributed by atoms with van der Waals surface area (Å²) >= 11 is 0. The first-order valence-electron chi connectivity index (χ1n) is 9.46. The fourth-order valence-corrected chi connectivity index (χ4v) is 2.96. The molecular weight excluding hydrogens is 368 g/mol. The highest BCUT2D eigenvalue weighted by molar-refractivity contribution is 5.79. The van der Waals surface area contributed by atoms with Crippen LogP contribution in [-0.2, 0) is 19.6 Å². The van der Waals surface area contributed by atoms with E-state index >= 15 is 0 Å². The van der Waals surface area contributed by atoms with Crippen LogP contribution in [0.15, 0.2) is 41.4 Å². The molecule has 0 bridgehead atoms. The van der Waals surface area contributed by atoms with Gasteiger partial charge in [0.25, 0.3) is 0 Å². The van der Waals surface area contributed by atoms with Crippen LogP contribution in [0.2, 0.25) is 0 Å². The Labute approximate surface area is 173 Å². The highest BCUT2D eigenvalue weighted by Gasteiger charge is 2.13.